The van der Waals surface area contributed by atoms with Crippen molar-refractivity contribution in [2.45, 2.75) is 57.6 Å². The third-order valence-electron chi connectivity index (χ3n) is 7.04. The van der Waals surface area contributed by atoms with E-state index in [0.29, 0.717) is 6.04 Å². The van der Waals surface area contributed by atoms with E-state index in [-0.39, 0.29) is 12.0 Å². The lowest BCUT2D eigenvalue weighted by molar-refractivity contribution is -0.131. The second-order valence-electron chi connectivity index (χ2n) is 8.93. The number of methoxy groups -OCH3 is 1. The molecule has 1 aliphatic carbocycles. The Morgan fingerprint density at radius 1 is 1.27 bits per heavy atom. The molecular weight excluding hydrogens is 380 g/mol. The Morgan fingerprint density at radius 3 is 2.77 bits per heavy atom. The van der Waals surface area contributed by atoms with Crippen LogP contribution in [0, 0.1) is 5.92 Å². The van der Waals surface area contributed by atoms with E-state index in [2.05, 4.69) is 20.1 Å². The maximum absolute atomic E-state index is 12.0. The lowest BCUT2D eigenvalue weighted by Gasteiger charge is -2.37. The van der Waals surface area contributed by atoms with E-state index in [9.17, 15) is 4.79 Å². The molecule has 1 amide bonds. The summed E-state index contributed by atoms with van der Waals surface area (Å²) in [6.07, 6.45) is 8.37. The topological polar surface area (TPSA) is 66.9 Å². The molecule has 1 N–H and O–H groups in total. The summed E-state index contributed by atoms with van der Waals surface area (Å²) >= 11 is 0. The van der Waals surface area contributed by atoms with Gasteiger partial charge in [0.15, 0.2) is 0 Å². The quantitative estimate of drug-likeness (QED) is 0.735. The molecule has 1 atom stereocenters. The number of ether oxygens (including phenoxy) is 2. The van der Waals surface area contributed by atoms with Crippen LogP contribution in [0.5, 0.6) is 5.75 Å². The minimum atomic E-state index is -0.360. The third kappa shape index (κ3) is 5.06. The Kier molecular flexibility index (Phi) is 7.10. The van der Waals surface area contributed by atoms with Gasteiger partial charge in [-0.3, -0.25) is 9.69 Å². The standard InChI is InChI=1S/C23H36N4O3/c1-17(29-2)23(28)25-19-5-3-18(4-6-19)8-11-26-12-14-27(15-13-26)22-20-9-16-30-21(20)7-10-24-22/h7,10,17-19H,3-6,8-9,11-16H2,1-2H3,(H,25,28)/t17-,18?,19?/m1/s1. The summed E-state index contributed by atoms with van der Waals surface area (Å²) in [5.74, 6) is 2.95. The Morgan fingerprint density at radius 2 is 2.03 bits per heavy atom. The van der Waals surface area contributed by atoms with E-state index < -0.39 is 0 Å². The number of hydrogen-bond acceptors (Lipinski definition) is 6. The molecule has 1 saturated heterocycles. The normalized spacial score (nSPS) is 25.5. The Labute approximate surface area is 180 Å². The van der Waals surface area contributed by atoms with Gasteiger partial charge in [0, 0.05) is 57.5 Å². The first-order chi connectivity index (χ1) is 14.6. The first kappa shape index (κ1) is 21.4. The smallest absolute Gasteiger partial charge is 0.249 e. The van der Waals surface area contributed by atoms with Crippen molar-refractivity contribution in [1.82, 2.24) is 15.2 Å². The minimum Gasteiger partial charge on any atom is -0.493 e. The van der Waals surface area contributed by atoms with Crippen LogP contribution in [-0.2, 0) is 16.0 Å². The fourth-order valence-electron chi connectivity index (χ4n) is 4.94. The number of nitrogens with one attached hydrogen (secondary N) is 1. The number of carbonyl (C=O) groups is 1. The molecule has 2 fully saturated rings. The van der Waals surface area contributed by atoms with Crippen LogP contribution in [0.1, 0.15) is 44.6 Å². The van der Waals surface area contributed by atoms with Crippen LogP contribution in [0.4, 0.5) is 5.82 Å². The summed E-state index contributed by atoms with van der Waals surface area (Å²) in [5, 5.41) is 3.14. The number of piperazine rings is 1. The summed E-state index contributed by atoms with van der Waals surface area (Å²) in [7, 11) is 1.58. The average Bonchev–Trinajstić information content (AvgIpc) is 3.27. The molecule has 7 nitrogen and oxygen atoms in total. The SMILES string of the molecule is CO[C@H](C)C(=O)NC1CCC(CCN2CCN(c3nccc4c3CCO4)CC2)CC1. The first-order valence-electron chi connectivity index (χ1n) is 11.5. The van der Waals surface area contributed by atoms with Gasteiger partial charge < -0.3 is 19.7 Å². The predicted molar refractivity (Wildman–Crippen MR) is 117 cm³/mol. The number of carbonyl (C=O) groups excluding carboxylic acids is 1. The minimum absolute atomic E-state index is 0.0175. The monoisotopic (exact) mass is 416 g/mol. The van der Waals surface area contributed by atoms with E-state index in [1.807, 2.05) is 12.3 Å². The highest BCUT2D eigenvalue weighted by molar-refractivity contribution is 5.80. The van der Waals surface area contributed by atoms with Gasteiger partial charge in [0.25, 0.3) is 0 Å². The number of hydrogen-bond donors (Lipinski definition) is 1. The van der Waals surface area contributed by atoms with Crippen molar-refractivity contribution in [2.75, 3.05) is 51.3 Å². The van der Waals surface area contributed by atoms with Gasteiger partial charge in [-0.05, 0) is 57.6 Å². The average molecular weight is 417 g/mol. The summed E-state index contributed by atoms with van der Waals surface area (Å²) in [6, 6.07) is 2.31. The van der Waals surface area contributed by atoms with Crippen molar-refractivity contribution >= 4 is 11.7 Å². The number of anilines is 1. The summed E-state index contributed by atoms with van der Waals surface area (Å²) < 4.78 is 10.8. The molecule has 1 aromatic heterocycles. The molecule has 0 unspecified atom stereocenters. The maximum atomic E-state index is 12.0. The van der Waals surface area contributed by atoms with Gasteiger partial charge in [0.2, 0.25) is 5.91 Å². The number of pyridine rings is 1. The zero-order valence-corrected chi connectivity index (χ0v) is 18.4. The molecule has 4 rings (SSSR count). The van der Waals surface area contributed by atoms with E-state index >= 15 is 0 Å². The highest BCUT2D eigenvalue weighted by Gasteiger charge is 2.27. The highest BCUT2D eigenvalue weighted by atomic mass is 16.5. The van der Waals surface area contributed by atoms with Crippen molar-refractivity contribution in [3.05, 3.63) is 17.8 Å². The van der Waals surface area contributed by atoms with Crippen LogP contribution in [0.2, 0.25) is 0 Å². The molecule has 0 spiro atoms. The Bertz CT molecular complexity index is 712. The predicted octanol–water partition coefficient (Wildman–Crippen LogP) is 2.24. The lowest BCUT2D eigenvalue weighted by atomic mass is 9.84. The van der Waals surface area contributed by atoms with E-state index in [1.165, 1.54) is 31.4 Å². The van der Waals surface area contributed by atoms with Crippen LogP contribution in [0.3, 0.4) is 0 Å². The van der Waals surface area contributed by atoms with Crippen LogP contribution in [0.25, 0.3) is 0 Å². The number of rotatable bonds is 7. The molecule has 0 aromatic carbocycles. The van der Waals surface area contributed by atoms with Crippen LogP contribution >= 0.6 is 0 Å². The molecular formula is C23H36N4O3. The van der Waals surface area contributed by atoms with Crippen molar-refractivity contribution in [3.63, 3.8) is 0 Å². The van der Waals surface area contributed by atoms with Crippen molar-refractivity contribution < 1.29 is 14.3 Å². The van der Waals surface area contributed by atoms with Crippen LogP contribution < -0.4 is 15.0 Å². The van der Waals surface area contributed by atoms with Gasteiger partial charge in [-0.25, -0.2) is 4.98 Å². The van der Waals surface area contributed by atoms with E-state index in [0.717, 1.165) is 69.5 Å². The number of fused-ring (bicyclic) bond motifs is 1. The zero-order valence-electron chi connectivity index (χ0n) is 18.4. The summed E-state index contributed by atoms with van der Waals surface area (Å²) in [6.45, 7) is 8.06. The molecule has 30 heavy (non-hydrogen) atoms. The van der Waals surface area contributed by atoms with Gasteiger partial charge in [-0.1, -0.05) is 0 Å². The van der Waals surface area contributed by atoms with Crippen molar-refractivity contribution in [3.8, 4) is 5.75 Å². The van der Waals surface area contributed by atoms with Gasteiger partial charge in [0.05, 0.1) is 6.61 Å². The van der Waals surface area contributed by atoms with Crippen LogP contribution in [-0.4, -0.2) is 74.4 Å². The molecule has 3 aliphatic rings. The maximum Gasteiger partial charge on any atom is 0.249 e. The summed E-state index contributed by atoms with van der Waals surface area (Å²) in [4.78, 5) is 21.7. The molecule has 3 heterocycles. The highest BCUT2D eigenvalue weighted by Crippen LogP contribution is 2.32. The molecule has 166 valence electrons. The van der Waals surface area contributed by atoms with Crippen molar-refractivity contribution in [1.29, 1.82) is 0 Å². The third-order valence-corrected chi connectivity index (χ3v) is 7.04. The molecule has 2 aliphatic heterocycles. The lowest BCUT2D eigenvalue weighted by Crippen LogP contribution is -2.47. The largest absolute Gasteiger partial charge is 0.493 e. The number of aromatic nitrogens is 1. The van der Waals surface area contributed by atoms with Crippen LogP contribution in [0.15, 0.2) is 12.3 Å². The van der Waals surface area contributed by atoms with Gasteiger partial charge >= 0.3 is 0 Å². The van der Waals surface area contributed by atoms with Gasteiger partial charge in [0.1, 0.15) is 17.7 Å². The number of nitrogens with zero attached hydrogens (tertiary/aromatic N) is 3. The number of amides is 1. The van der Waals surface area contributed by atoms with Gasteiger partial charge in [-0.2, -0.15) is 0 Å². The molecule has 7 heteroatoms. The zero-order chi connectivity index (χ0) is 20.9. The molecule has 0 bridgehead atoms. The molecule has 1 saturated carbocycles. The fourth-order valence-corrected chi connectivity index (χ4v) is 4.94. The molecule has 1 aromatic rings. The van der Waals surface area contributed by atoms with Crippen molar-refractivity contribution in [2.24, 2.45) is 5.92 Å². The second kappa shape index (κ2) is 9.96. The molecule has 0 radical (unpaired) electrons. The van der Waals surface area contributed by atoms with E-state index in [4.69, 9.17) is 9.47 Å². The van der Waals surface area contributed by atoms with Gasteiger partial charge in [-0.15, -0.1) is 0 Å². The Balaban J connectivity index is 1.16. The van der Waals surface area contributed by atoms with E-state index in [1.54, 1.807) is 14.0 Å². The Hall–Kier alpha value is -1.86. The second-order valence-corrected chi connectivity index (χ2v) is 8.93. The first-order valence-corrected chi connectivity index (χ1v) is 11.5. The summed E-state index contributed by atoms with van der Waals surface area (Å²) in [5.41, 5.74) is 1.29. The fraction of sp³-hybridized carbons (Fsp3) is 0.739.